The molecule has 0 aliphatic carbocycles. The molecule has 0 unspecified atom stereocenters. The number of ketones is 1. The number of hydrogen-bond acceptors (Lipinski definition) is 9. The van der Waals surface area contributed by atoms with E-state index in [1.54, 1.807) is 13.8 Å². The standard InChI is InChI=1S/C19H28O9/c1-9-10-17(3,4)25-16(22)26-19(7,8)28-18(5,6)24-15(21)12(2)14(20)13-11-23-27-13/h11H,2,9-10H2,1,3-8H3. The fraction of sp³-hybridized carbons (Fsp3) is 0.632. The molecule has 0 fully saturated rings. The van der Waals surface area contributed by atoms with Gasteiger partial charge in [0, 0.05) is 27.7 Å². The fourth-order valence-electron chi connectivity index (χ4n) is 2.45. The highest BCUT2D eigenvalue weighted by Crippen LogP contribution is 2.26. The van der Waals surface area contributed by atoms with Crippen LogP contribution in [-0.2, 0) is 23.7 Å². The summed E-state index contributed by atoms with van der Waals surface area (Å²) in [5.41, 5.74) is -1.16. The average Bonchev–Trinajstić information content (AvgIpc) is 2.40. The first kappa shape index (κ1) is 23.5. The molecule has 1 rings (SSSR count). The second-order valence-corrected chi connectivity index (χ2v) is 7.72. The molecule has 0 N–H and O–H groups in total. The molecule has 0 bridgehead atoms. The average molecular weight is 400 g/mol. The maximum Gasteiger partial charge on any atom is 0.511 e. The van der Waals surface area contributed by atoms with Crippen LogP contribution in [0.5, 0.6) is 0 Å². The van der Waals surface area contributed by atoms with Gasteiger partial charge in [-0.25, -0.2) is 9.59 Å². The predicted octanol–water partition coefficient (Wildman–Crippen LogP) is 4.38. The first-order valence-corrected chi connectivity index (χ1v) is 8.80. The van der Waals surface area contributed by atoms with E-state index in [1.165, 1.54) is 27.7 Å². The molecule has 0 spiro atoms. The highest BCUT2D eigenvalue weighted by molar-refractivity contribution is 6.22. The molecule has 0 saturated carbocycles. The molecule has 0 saturated heterocycles. The van der Waals surface area contributed by atoms with Crippen molar-refractivity contribution in [2.45, 2.75) is 78.5 Å². The van der Waals surface area contributed by atoms with Gasteiger partial charge in [-0.15, -0.1) is 0 Å². The first-order chi connectivity index (χ1) is 12.7. The topological polar surface area (TPSA) is 114 Å². The zero-order valence-electron chi connectivity index (χ0n) is 17.4. The maximum absolute atomic E-state index is 12.1. The Morgan fingerprint density at radius 3 is 2.00 bits per heavy atom. The van der Waals surface area contributed by atoms with E-state index >= 15 is 0 Å². The third-order valence-electron chi connectivity index (χ3n) is 3.41. The summed E-state index contributed by atoms with van der Waals surface area (Å²) in [6, 6.07) is 0. The molecule has 158 valence electrons. The van der Waals surface area contributed by atoms with Gasteiger partial charge in [0.15, 0.2) is 6.26 Å². The van der Waals surface area contributed by atoms with Gasteiger partial charge < -0.3 is 14.2 Å². The Bertz CT molecular complexity index is 709. The summed E-state index contributed by atoms with van der Waals surface area (Å²) in [6.07, 6.45) is 1.61. The normalized spacial score (nSPS) is 12.4. The SMILES string of the molecule is C=C(C(=O)OC(C)(C)OC(C)(C)OC(=O)OC(C)(C)CCC)C(=O)c1coo1. The van der Waals surface area contributed by atoms with E-state index in [0.717, 1.165) is 12.7 Å². The van der Waals surface area contributed by atoms with Crippen LogP contribution in [0.3, 0.4) is 0 Å². The summed E-state index contributed by atoms with van der Waals surface area (Å²) >= 11 is 0. The lowest BCUT2D eigenvalue weighted by Crippen LogP contribution is -2.44. The molecule has 0 atom stereocenters. The molecule has 1 heterocycles. The zero-order valence-corrected chi connectivity index (χ0v) is 17.4. The Morgan fingerprint density at radius 1 is 1.00 bits per heavy atom. The monoisotopic (exact) mass is 400 g/mol. The van der Waals surface area contributed by atoms with Crippen molar-refractivity contribution >= 4 is 17.9 Å². The van der Waals surface area contributed by atoms with E-state index in [-0.39, 0.29) is 5.76 Å². The van der Waals surface area contributed by atoms with Gasteiger partial charge in [-0.2, -0.15) is 0 Å². The molecular weight excluding hydrogens is 372 g/mol. The second-order valence-electron chi connectivity index (χ2n) is 7.72. The van der Waals surface area contributed by atoms with Crippen LogP contribution in [0.4, 0.5) is 4.79 Å². The number of ether oxygens (including phenoxy) is 4. The Morgan fingerprint density at radius 2 is 1.54 bits per heavy atom. The number of Topliss-reactive ketones (excluding diaryl/α,β-unsaturated/α-hetero) is 1. The molecule has 1 aromatic rings. The highest BCUT2D eigenvalue weighted by Gasteiger charge is 2.38. The van der Waals surface area contributed by atoms with E-state index in [2.05, 4.69) is 15.7 Å². The van der Waals surface area contributed by atoms with E-state index in [4.69, 9.17) is 18.9 Å². The van der Waals surface area contributed by atoms with Crippen LogP contribution in [0.25, 0.3) is 0 Å². The van der Waals surface area contributed by atoms with Crippen molar-refractivity contribution in [1.82, 2.24) is 0 Å². The van der Waals surface area contributed by atoms with E-state index in [0.29, 0.717) is 6.42 Å². The number of esters is 1. The number of rotatable bonds is 10. The van der Waals surface area contributed by atoms with Crippen LogP contribution in [0.2, 0.25) is 0 Å². The summed E-state index contributed by atoms with van der Waals surface area (Å²) in [5.74, 6) is -4.99. The second kappa shape index (κ2) is 8.64. The van der Waals surface area contributed by atoms with Gasteiger partial charge in [0.2, 0.25) is 17.4 Å². The maximum atomic E-state index is 12.1. The van der Waals surface area contributed by atoms with Crippen molar-refractivity contribution < 1.29 is 42.5 Å². The molecule has 0 amide bonds. The molecule has 1 aromatic heterocycles. The van der Waals surface area contributed by atoms with E-state index < -0.39 is 40.7 Å². The predicted molar refractivity (Wildman–Crippen MR) is 96.3 cm³/mol. The molecule has 9 heteroatoms. The minimum atomic E-state index is -1.55. The smallest absolute Gasteiger partial charge is 0.430 e. The summed E-state index contributed by atoms with van der Waals surface area (Å²) in [6.45, 7) is 14.7. The minimum absolute atomic E-state index is 0.165. The Labute approximate surface area is 163 Å². The largest absolute Gasteiger partial charge is 0.511 e. The lowest BCUT2D eigenvalue weighted by Gasteiger charge is -2.35. The lowest BCUT2D eigenvalue weighted by molar-refractivity contribution is -0.310. The summed E-state index contributed by atoms with van der Waals surface area (Å²) in [7, 11) is 0. The van der Waals surface area contributed by atoms with Crippen molar-refractivity contribution in [1.29, 1.82) is 0 Å². The van der Waals surface area contributed by atoms with Crippen LogP contribution >= 0.6 is 0 Å². The van der Waals surface area contributed by atoms with E-state index in [1.807, 2.05) is 6.92 Å². The van der Waals surface area contributed by atoms with Crippen LogP contribution in [0.15, 0.2) is 27.6 Å². The number of hydrogen-bond donors (Lipinski definition) is 0. The number of carbonyl (C=O) groups excluding carboxylic acids is 3. The van der Waals surface area contributed by atoms with Crippen molar-refractivity contribution in [3.05, 3.63) is 24.2 Å². The van der Waals surface area contributed by atoms with Crippen molar-refractivity contribution in [2.24, 2.45) is 0 Å². The van der Waals surface area contributed by atoms with E-state index in [9.17, 15) is 14.4 Å². The van der Waals surface area contributed by atoms with Crippen molar-refractivity contribution in [3.8, 4) is 0 Å². The van der Waals surface area contributed by atoms with Gasteiger partial charge in [-0.05, 0) is 20.3 Å². The summed E-state index contributed by atoms with van der Waals surface area (Å²) in [4.78, 5) is 36.0. The van der Waals surface area contributed by atoms with Crippen molar-refractivity contribution in [3.63, 3.8) is 0 Å². The van der Waals surface area contributed by atoms with Crippen LogP contribution < -0.4 is 0 Å². The summed E-state index contributed by atoms with van der Waals surface area (Å²) < 4.78 is 29.9. The summed E-state index contributed by atoms with van der Waals surface area (Å²) in [5, 5.41) is 0. The van der Waals surface area contributed by atoms with Gasteiger partial charge >= 0.3 is 12.1 Å². The Hall–Kier alpha value is -2.55. The Balaban J connectivity index is 2.65. The highest BCUT2D eigenvalue weighted by atomic mass is 17.0. The Kier molecular flexibility index (Phi) is 7.25. The quantitative estimate of drug-likeness (QED) is 0.107. The first-order valence-electron chi connectivity index (χ1n) is 8.80. The van der Waals surface area contributed by atoms with Gasteiger partial charge in [0.05, 0.1) is 0 Å². The molecule has 0 aromatic carbocycles. The van der Waals surface area contributed by atoms with Crippen molar-refractivity contribution in [2.75, 3.05) is 0 Å². The molecular formula is C19H28O9. The van der Waals surface area contributed by atoms with Gasteiger partial charge in [-0.1, -0.05) is 19.9 Å². The third kappa shape index (κ3) is 7.22. The molecule has 9 nitrogen and oxygen atoms in total. The van der Waals surface area contributed by atoms with Crippen LogP contribution in [0.1, 0.15) is 71.9 Å². The number of carbonyl (C=O) groups is 3. The van der Waals surface area contributed by atoms with Crippen LogP contribution in [-0.4, -0.2) is 35.1 Å². The minimum Gasteiger partial charge on any atom is -0.430 e. The third-order valence-corrected chi connectivity index (χ3v) is 3.41. The molecule has 0 aliphatic rings. The van der Waals surface area contributed by atoms with Crippen LogP contribution in [0, 0.1) is 0 Å². The zero-order chi connectivity index (χ0) is 21.8. The lowest BCUT2D eigenvalue weighted by atomic mass is 10.0. The molecule has 0 aliphatic heterocycles. The molecule has 0 radical (unpaired) electrons. The van der Waals surface area contributed by atoms with Gasteiger partial charge in [0.25, 0.3) is 5.76 Å². The fourth-order valence-corrected chi connectivity index (χ4v) is 2.45. The molecule has 28 heavy (non-hydrogen) atoms. The van der Waals surface area contributed by atoms with Gasteiger partial charge in [-0.3, -0.25) is 18.7 Å². The van der Waals surface area contributed by atoms with Gasteiger partial charge in [0.1, 0.15) is 11.2 Å².